The third-order valence-electron chi connectivity index (χ3n) is 1.50. The Morgan fingerprint density at radius 3 is 2.57 bits per heavy atom. The van der Waals surface area contributed by atoms with E-state index in [1.807, 2.05) is 0 Å². The molecule has 0 atom stereocenters. The molecule has 5 nitrogen and oxygen atoms in total. The topological polar surface area (TPSA) is 75.6 Å². The van der Waals surface area contributed by atoms with Gasteiger partial charge in [0.05, 0.1) is 19.1 Å². The number of anilines is 1. The first-order chi connectivity index (χ1) is 6.42. The highest BCUT2D eigenvalue weighted by molar-refractivity contribution is 7.92. The van der Waals surface area contributed by atoms with Gasteiger partial charge in [0.15, 0.2) is 0 Å². The lowest BCUT2D eigenvalue weighted by molar-refractivity contribution is 0.413. The molecule has 0 radical (unpaired) electrons. The van der Waals surface area contributed by atoms with E-state index in [1.165, 1.54) is 25.3 Å². The second-order valence-corrected chi connectivity index (χ2v) is 4.51. The van der Waals surface area contributed by atoms with Gasteiger partial charge in [-0.2, -0.15) is 0 Å². The van der Waals surface area contributed by atoms with Crippen molar-refractivity contribution in [2.45, 2.75) is 0 Å². The third-order valence-corrected chi connectivity index (χ3v) is 2.09. The number of phenolic OH excluding ortho intramolecular Hbond substituents is 1. The van der Waals surface area contributed by atoms with Gasteiger partial charge in [0.1, 0.15) is 11.5 Å². The smallest absolute Gasteiger partial charge is 0.229 e. The maximum atomic E-state index is 10.9. The Morgan fingerprint density at radius 1 is 1.43 bits per heavy atom. The van der Waals surface area contributed by atoms with E-state index in [-0.39, 0.29) is 11.4 Å². The Kier molecular flexibility index (Phi) is 2.85. The lowest BCUT2D eigenvalue weighted by Crippen LogP contribution is -2.09. The highest BCUT2D eigenvalue weighted by Gasteiger charge is 2.07. The van der Waals surface area contributed by atoms with Crippen molar-refractivity contribution in [3.05, 3.63) is 18.2 Å². The van der Waals surface area contributed by atoms with Crippen LogP contribution in [0.3, 0.4) is 0 Å². The van der Waals surface area contributed by atoms with Gasteiger partial charge in [0.25, 0.3) is 0 Å². The second-order valence-electron chi connectivity index (χ2n) is 2.76. The van der Waals surface area contributed by atoms with Crippen LogP contribution in [0.2, 0.25) is 0 Å². The van der Waals surface area contributed by atoms with E-state index in [0.717, 1.165) is 6.26 Å². The Morgan fingerprint density at radius 2 is 2.07 bits per heavy atom. The summed E-state index contributed by atoms with van der Waals surface area (Å²) in [5, 5.41) is 9.31. The quantitative estimate of drug-likeness (QED) is 0.733. The molecule has 0 fully saturated rings. The lowest BCUT2D eigenvalue weighted by atomic mass is 10.3. The van der Waals surface area contributed by atoms with Gasteiger partial charge < -0.3 is 9.84 Å². The first-order valence-corrected chi connectivity index (χ1v) is 5.66. The van der Waals surface area contributed by atoms with Gasteiger partial charge >= 0.3 is 0 Å². The summed E-state index contributed by atoms with van der Waals surface area (Å²) in [5.74, 6) is 0.324. The number of ether oxygens (including phenoxy) is 1. The summed E-state index contributed by atoms with van der Waals surface area (Å²) in [5.41, 5.74) is 0.104. The fraction of sp³-hybridized carbons (Fsp3) is 0.250. The van der Waals surface area contributed by atoms with Gasteiger partial charge in [-0.25, -0.2) is 8.42 Å². The zero-order valence-electron chi connectivity index (χ0n) is 7.81. The van der Waals surface area contributed by atoms with Crippen molar-refractivity contribution in [2.24, 2.45) is 0 Å². The van der Waals surface area contributed by atoms with Crippen LogP contribution in [0.25, 0.3) is 0 Å². The molecule has 0 aromatic heterocycles. The summed E-state index contributed by atoms with van der Waals surface area (Å²) in [6.45, 7) is 0. The number of nitrogens with one attached hydrogen (secondary N) is 1. The second kappa shape index (κ2) is 3.75. The van der Waals surface area contributed by atoms with E-state index in [1.54, 1.807) is 0 Å². The van der Waals surface area contributed by atoms with Crippen LogP contribution in [-0.4, -0.2) is 26.9 Å². The van der Waals surface area contributed by atoms with Crippen LogP contribution in [0.4, 0.5) is 5.69 Å². The Bertz CT molecular complexity index is 427. The fourth-order valence-electron chi connectivity index (χ4n) is 0.924. The summed E-state index contributed by atoms with van der Waals surface area (Å²) in [6, 6.07) is 4.28. The van der Waals surface area contributed by atoms with Crippen molar-refractivity contribution in [2.75, 3.05) is 18.1 Å². The number of aromatic hydroxyl groups is 1. The van der Waals surface area contributed by atoms with Gasteiger partial charge in [-0.05, 0) is 12.1 Å². The molecule has 0 heterocycles. The van der Waals surface area contributed by atoms with Gasteiger partial charge in [-0.3, -0.25) is 4.72 Å². The van der Waals surface area contributed by atoms with Crippen LogP contribution in [0.1, 0.15) is 0 Å². The number of phenols is 1. The van der Waals surface area contributed by atoms with Crippen molar-refractivity contribution < 1.29 is 18.3 Å². The summed E-state index contributed by atoms with van der Waals surface area (Å²) < 4.78 is 28.8. The number of sulfonamides is 1. The minimum absolute atomic E-state index is 0.104. The predicted octanol–water partition coefficient (Wildman–Crippen LogP) is 0.772. The SMILES string of the molecule is COc1ccc(O)c(NS(C)(=O)=O)c1. The first kappa shape index (κ1) is 10.6. The maximum Gasteiger partial charge on any atom is 0.229 e. The largest absolute Gasteiger partial charge is 0.506 e. The number of rotatable bonds is 3. The summed E-state index contributed by atoms with van der Waals surface area (Å²) in [4.78, 5) is 0. The monoisotopic (exact) mass is 217 g/mol. The Labute approximate surface area is 82.4 Å². The molecule has 78 valence electrons. The summed E-state index contributed by atoms with van der Waals surface area (Å²) in [7, 11) is -1.94. The average molecular weight is 217 g/mol. The number of hydrogen-bond donors (Lipinski definition) is 2. The maximum absolute atomic E-state index is 10.9. The molecule has 1 rings (SSSR count). The lowest BCUT2D eigenvalue weighted by Gasteiger charge is -2.07. The normalized spacial score (nSPS) is 11.0. The van der Waals surface area contributed by atoms with Crippen LogP contribution >= 0.6 is 0 Å². The van der Waals surface area contributed by atoms with E-state index in [9.17, 15) is 13.5 Å². The van der Waals surface area contributed by atoms with E-state index in [4.69, 9.17) is 4.74 Å². The predicted molar refractivity (Wildman–Crippen MR) is 53.1 cm³/mol. The zero-order valence-corrected chi connectivity index (χ0v) is 8.63. The highest BCUT2D eigenvalue weighted by atomic mass is 32.2. The molecule has 14 heavy (non-hydrogen) atoms. The average Bonchev–Trinajstić information content (AvgIpc) is 2.06. The Hall–Kier alpha value is -1.43. The highest BCUT2D eigenvalue weighted by Crippen LogP contribution is 2.28. The van der Waals surface area contributed by atoms with Crippen molar-refractivity contribution in [1.82, 2.24) is 0 Å². The molecule has 2 N–H and O–H groups in total. The van der Waals surface area contributed by atoms with Crippen molar-refractivity contribution in [3.8, 4) is 11.5 Å². The van der Waals surface area contributed by atoms with Crippen molar-refractivity contribution in [1.29, 1.82) is 0 Å². The summed E-state index contributed by atoms with van der Waals surface area (Å²) >= 11 is 0. The molecule has 1 aromatic rings. The summed E-state index contributed by atoms with van der Waals surface area (Å²) in [6.07, 6.45) is 1.01. The van der Waals surface area contributed by atoms with Crippen molar-refractivity contribution >= 4 is 15.7 Å². The standard InChI is InChI=1S/C8H11NO4S/c1-13-6-3-4-8(10)7(5-6)9-14(2,11)12/h3-5,9-10H,1-2H3. The third kappa shape index (κ3) is 2.81. The van der Waals surface area contributed by atoms with E-state index >= 15 is 0 Å². The fourth-order valence-corrected chi connectivity index (χ4v) is 1.49. The minimum Gasteiger partial charge on any atom is -0.506 e. The molecule has 0 amide bonds. The van der Waals surface area contributed by atoms with Gasteiger partial charge in [-0.15, -0.1) is 0 Å². The Balaban J connectivity index is 3.07. The molecule has 0 aliphatic rings. The molecule has 0 spiro atoms. The molecule has 0 unspecified atom stereocenters. The van der Waals surface area contributed by atoms with E-state index in [0.29, 0.717) is 5.75 Å². The molecule has 0 saturated heterocycles. The first-order valence-electron chi connectivity index (χ1n) is 3.77. The molecular weight excluding hydrogens is 206 g/mol. The zero-order chi connectivity index (χ0) is 10.8. The molecule has 1 aromatic carbocycles. The number of benzene rings is 1. The van der Waals surface area contributed by atoms with E-state index < -0.39 is 10.0 Å². The van der Waals surface area contributed by atoms with Crippen LogP contribution < -0.4 is 9.46 Å². The molecular formula is C8H11NO4S. The van der Waals surface area contributed by atoms with Crippen LogP contribution in [0.15, 0.2) is 18.2 Å². The van der Waals surface area contributed by atoms with Gasteiger partial charge in [0.2, 0.25) is 10.0 Å². The van der Waals surface area contributed by atoms with E-state index in [2.05, 4.69) is 4.72 Å². The molecule has 0 bridgehead atoms. The molecule has 0 saturated carbocycles. The number of hydrogen-bond acceptors (Lipinski definition) is 4. The number of methoxy groups -OCH3 is 1. The van der Waals surface area contributed by atoms with Crippen molar-refractivity contribution in [3.63, 3.8) is 0 Å². The van der Waals surface area contributed by atoms with Crippen LogP contribution in [-0.2, 0) is 10.0 Å². The van der Waals surface area contributed by atoms with Crippen LogP contribution in [0, 0.1) is 0 Å². The molecule has 0 aliphatic carbocycles. The van der Waals surface area contributed by atoms with Gasteiger partial charge in [-0.1, -0.05) is 0 Å². The minimum atomic E-state index is -3.39. The van der Waals surface area contributed by atoms with Crippen LogP contribution in [0.5, 0.6) is 11.5 Å². The molecule has 0 aliphatic heterocycles. The van der Waals surface area contributed by atoms with Gasteiger partial charge in [0, 0.05) is 6.07 Å². The molecule has 6 heteroatoms.